The molecule has 2 aromatic heterocycles. The number of aromatic nitrogens is 2. The second kappa shape index (κ2) is 17.2. The van der Waals surface area contributed by atoms with Crippen LogP contribution in [0.4, 0.5) is 18.0 Å². The first-order chi connectivity index (χ1) is 24.4. The van der Waals surface area contributed by atoms with Crippen molar-refractivity contribution < 1.29 is 46.8 Å². The van der Waals surface area contributed by atoms with E-state index < -0.39 is 29.8 Å². The lowest BCUT2D eigenvalue weighted by Crippen LogP contribution is -2.43. The van der Waals surface area contributed by atoms with Crippen LogP contribution in [0.25, 0.3) is 16.0 Å². The number of piperazine rings is 1. The van der Waals surface area contributed by atoms with Crippen molar-refractivity contribution in [2.24, 2.45) is 5.73 Å². The number of amides is 2. The number of alkyl halides is 3. The number of primary amides is 1. The van der Waals surface area contributed by atoms with Gasteiger partial charge in [-0.1, -0.05) is 12.1 Å². The molecule has 1 aliphatic heterocycles. The second-order valence-electron chi connectivity index (χ2n) is 12.0. The Hall–Kier alpha value is -4.42. The van der Waals surface area contributed by atoms with Gasteiger partial charge in [-0.3, -0.25) is 14.3 Å². The van der Waals surface area contributed by atoms with Crippen molar-refractivity contribution in [1.82, 2.24) is 24.7 Å². The van der Waals surface area contributed by atoms with Crippen LogP contribution < -0.4 is 20.5 Å². The van der Waals surface area contributed by atoms with Crippen LogP contribution in [-0.4, -0.2) is 109 Å². The molecule has 0 radical (unpaired) electrons. The van der Waals surface area contributed by atoms with Crippen molar-refractivity contribution in [3.05, 3.63) is 70.4 Å². The number of hydrogen-bond donors (Lipinski definition) is 3. The number of carboxylic acid groups (broad SMARTS) is 1. The summed E-state index contributed by atoms with van der Waals surface area (Å²) >= 11 is 1.07. The fourth-order valence-electron chi connectivity index (χ4n) is 5.58. The number of hydrogen-bond acceptors (Lipinski definition) is 10. The third kappa shape index (κ3) is 10.3. The van der Waals surface area contributed by atoms with Crippen LogP contribution >= 0.6 is 11.3 Å². The van der Waals surface area contributed by atoms with Crippen LogP contribution in [0.2, 0.25) is 0 Å². The summed E-state index contributed by atoms with van der Waals surface area (Å²) in [5.74, 6) is -0.706. The standard InChI is InChI=1S/C34H41F3N6O7S/c1-22(25-5-4-24(18-26(25)34(35,36)37)49-16-15-48-14-13-47-12-7-39-33(45)46)50-29-19-30(51-31(29)32(38)44)43-21-40-27-6-3-23(17-28(27)43)20-42-10-8-41(2)9-11-42/h3-6,17-19,21-22,39H,7-16,20H2,1-2H3,(H2,38,44)(H,45,46). The quantitative estimate of drug-likeness (QED) is 0.129. The summed E-state index contributed by atoms with van der Waals surface area (Å²) in [5.41, 5.74) is 7.29. The number of imidazole rings is 1. The molecule has 0 spiro atoms. The van der Waals surface area contributed by atoms with Crippen LogP contribution in [0.1, 0.15) is 39.4 Å². The Labute approximate surface area is 296 Å². The molecule has 4 N–H and O–H groups in total. The molecule has 276 valence electrons. The Kier molecular flexibility index (Phi) is 12.8. The molecule has 2 aromatic carbocycles. The predicted molar refractivity (Wildman–Crippen MR) is 184 cm³/mol. The number of ether oxygens (including phenoxy) is 4. The largest absolute Gasteiger partial charge is 0.491 e. The molecule has 5 rings (SSSR count). The van der Waals surface area contributed by atoms with E-state index in [0.717, 1.165) is 66.7 Å². The second-order valence-corrected chi connectivity index (χ2v) is 13.0. The molecule has 0 bridgehead atoms. The number of nitrogens with two attached hydrogens (primary N) is 1. The lowest BCUT2D eigenvalue weighted by atomic mass is 10.0. The SMILES string of the molecule is CC(Oc1cc(-n2cnc3ccc(CN4CCN(C)CC4)cc32)sc1C(N)=O)c1ccc(OCCOCCOCCNC(=O)O)cc1C(F)(F)F. The fourth-order valence-corrected chi connectivity index (χ4v) is 6.51. The molecule has 3 heterocycles. The number of nitrogens with one attached hydrogen (secondary N) is 1. The van der Waals surface area contributed by atoms with E-state index in [1.54, 1.807) is 12.4 Å². The Morgan fingerprint density at radius 2 is 1.75 bits per heavy atom. The first-order valence-corrected chi connectivity index (χ1v) is 17.1. The number of carbonyl (C=O) groups excluding carboxylic acids is 1. The van der Waals surface area contributed by atoms with Crippen LogP contribution in [0.3, 0.4) is 0 Å². The Morgan fingerprint density at radius 3 is 2.45 bits per heavy atom. The summed E-state index contributed by atoms with van der Waals surface area (Å²) in [5, 5.41) is 11.2. The van der Waals surface area contributed by atoms with E-state index in [4.69, 9.17) is 29.8 Å². The molecule has 1 saturated heterocycles. The minimum absolute atomic E-state index is 0.00695. The molecule has 17 heteroatoms. The van der Waals surface area contributed by atoms with Gasteiger partial charge in [-0.2, -0.15) is 13.2 Å². The van der Waals surface area contributed by atoms with Crippen molar-refractivity contribution >= 4 is 34.4 Å². The van der Waals surface area contributed by atoms with Crippen LogP contribution in [0.5, 0.6) is 11.5 Å². The van der Waals surface area contributed by atoms with E-state index in [2.05, 4.69) is 33.2 Å². The van der Waals surface area contributed by atoms with E-state index in [1.165, 1.54) is 19.1 Å². The molecule has 13 nitrogen and oxygen atoms in total. The van der Waals surface area contributed by atoms with E-state index in [-0.39, 0.29) is 61.5 Å². The first kappa shape index (κ1) is 37.8. The van der Waals surface area contributed by atoms with Gasteiger partial charge in [0.2, 0.25) is 0 Å². The van der Waals surface area contributed by atoms with Crippen molar-refractivity contribution in [2.75, 3.05) is 72.8 Å². The number of nitrogens with zero attached hydrogens (tertiary/aromatic N) is 4. The number of benzene rings is 2. The Bertz CT molecular complexity index is 1790. The third-order valence-electron chi connectivity index (χ3n) is 8.22. The van der Waals surface area contributed by atoms with E-state index in [9.17, 15) is 22.8 Å². The number of carbonyl (C=O) groups is 2. The van der Waals surface area contributed by atoms with Gasteiger partial charge in [-0.05, 0) is 43.8 Å². The lowest BCUT2D eigenvalue weighted by Gasteiger charge is -2.32. The normalized spacial score (nSPS) is 14.8. The van der Waals surface area contributed by atoms with Gasteiger partial charge in [-0.25, -0.2) is 9.78 Å². The van der Waals surface area contributed by atoms with Crippen LogP contribution in [-0.2, 0) is 22.2 Å². The van der Waals surface area contributed by atoms with Gasteiger partial charge in [0.25, 0.3) is 5.91 Å². The summed E-state index contributed by atoms with van der Waals surface area (Å²) in [6, 6.07) is 11.2. The molecule has 1 unspecified atom stereocenters. The van der Waals surface area contributed by atoms with Crippen molar-refractivity contribution in [3.63, 3.8) is 0 Å². The zero-order valence-corrected chi connectivity index (χ0v) is 29.1. The van der Waals surface area contributed by atoms with Gasteiger partial charge in [-0.15, -0.1) is 11.3 Å². The summed E-state index contributed by atoms with van der Waals surface area (Å²) in [4.78, 5) is 32.1. The zero-order chi connectivity index (χ0) is 36.5. The summed E-state index contributed by atoms with van der Waals surface area (Å²) in [7, 11) is 2.11. The Morgan fingerprint density at radius 1 is 1.02 bits per heavy atom. The van der Waals surface area contributed by atoms with Gasteiger partial charge in [0, 0.05) is 50.9 Å². The number of likely N-dealkylation sites (N-methyl/N-ethyl adjacent to an activating group) is 1. The number of rotatable bonds is 17. The van der Waals surface area contributed by atoms with Crippen molar-refractivity contribution in [2.45, 2.75) is 25.7 Å². The molecule has 0 aliphatic carbocycles. The fraction of sp³-hybridized carbons (Fsp3) is 0.441. The molecule has 1 atom stereocenters. The maximum absolute atomic E-state index is 14.3. The highest BCUT2D eigenvalue weighted by Gasteiger charge is 2.36. The molecule has 2 amide bonds. The average Bonchev–Trinajstić information content (AvgIpc) is 3.70. The number of halogens is 3. The van der Waals surface area contributed by atoms with E-state index in [0.29, 0.717) is 5.00 Å². The average molecular weight is 735 g/mol. The smallest absolute Gasteiger partial charge is 0.416 e. The summed E-state index contributed by atoms with van der Waals surface area (Å²) in [6.45, 7) is 7.01. The van der Waals surface area contributed by atoms with E-state index >= 15 is 0 Å². The number of fused-ring (bicyclic) bond motifs is 1. The van der Waals surface area contributed by atoms with Gasteiger partial charge in [0.05, 0.1) is 43.0 Å². The van der Waals surface area contributed by atoms with Crippen LogP contribution in [0, 0.1) is 0 Å². The number of thiophene rings is 1. The highest BCUT2D eigenvalue weighted by atomic mass is 32.1. The van der Waals surface area contributed by atoms with Crippen molar-refractivity contribution in [3.8, 4) is 16.5 Å². The maximum atomic E-state index is 14.3. The van der Waals surface area contributed by atoms with Gasteiger partial charge in [0.15, 0.2) is 0 Å². The topological polar surface area (TPSA) is 154 Å². The van der Waals surface area contributed by atoms with E-state index in [1.807, 2.05) is 16.7 Å². The highest BCUT2D eigenvalue weighted by molar-refractivity contribution is 7.16. The molecule has 4 aromatic rings. The third-order valence-corrected chi connectivity index (χ3v) is 9.35. The maximum Gasteiger partial charge on any atom is 0.416 e. The minimum Gasteiger partial charge on any atom is -0.491 e. The zero-order valence-electron chi connectivity index (χ0n) is 28.3. The molecule has 1 aliphatic rings. The summed E-state index contributed by atoms with van der Waals surface area (Å²) < 4.78 is 66.7. The lowest BCUT2D eigenvalue weighted by molar-refractivity contribution is -0.139. The minimum atomic E-state index is -4.72. The molecular weight excluding hydrogens is 693 g/mol. The summed E-state index contributed by atoms with van der Waals surface area (Å²) in [6.07, 6.45) is -5.34. The van der Waals surface area contributed by atoms with Gasteiger partial charge >= 0.3 is 12.3 Å². The monoisotopic (exact) mass is 734 g/mol. The molecule has 1 fully saturated rings. The van der Waals surface area contributed by atoms with Crippen LogP contribution in [0.15, 0.2) is 48.8 Å². The predicted octanol–water partition coefficient (Wildman–Crippen LogP) is 4.77. The first-order valence-electron chi connectivity index (χ1n) is 16.3. The molecular formula is C34H41F3N6O7S. The van der Waals surface area contributed by atoms with Gasteiger partial charge < -0.3 is 40.0 Å². The Balaban J connectivity index is 1.25. The van der Waals surface area contributed by atoms with Crippen molar-refractivity contribution in [1.29, 1.82) is 0 Å². The molecule has 51 heavy (non-hydrogen) atoms. The molecule has 0 saturated carbocycles. The highest BCUT2D eigenvalue weighted by Crippen LogP contribution is 2.40. The van der Waals surface area contributed by atoms with Gasteiger partial charge in [0.1, 0.15) is 40.4 Å².